The van der Waals surface area contributed by atoms with E-state index in [4.69, 9.17) is 5.73 Å². The second-order valence-electron chi connectivity index (χ2n) is 7.79. The van der Waals surface area contributed by atoms with Crippen molar-refractivity contribution in [3.8, 4) is 0 Å². The molecule has 0 saturated carbocycles. The number of piperazine rings is 1. The molecule has 0 radical (unpaired) electrons. The Morgan fingerprint density at radius 3 is 2.21 bits per heavy atom. The Bertz CT molecular complexity index is 834. The van der Waals surface area contributed by atoms with Gasteiger partial charge in [-0.05, 0) is 30.5 Å². The maximum Gasteiger partial charge on any atom is 0.244 e. The largest absolute Gasteiger partial charge is 0.339 e. The average molecular weight is 393 g/mol. The summed E-state index contributed by atoms with van der Waals surface area (Å²) in [6.07, 6.45) is 1.38. The van der Waals surface area contributed by atoms with Crippen molar-refractivity contribution in [1.82, 2.24) is 9.80 Å². The van der Waals surface area contributed by atoms with Crippen molar-refractivity contribution >= 4 is 17.5 Å². The highest BCUT2D eigenvalue weighted by Gasteiger charge is 2.38. The van der Waals surface area contributed by atoms with Gasteiger partial charge in [0.05, 0.1) is 12.1 Å². The van der Waals surface area contributed by atoms with Gasteiger partial charge in [0.15, 0.2) is 0 Å². The topological polar surface area (TPSA) is 69.9 Å². The quantitative estimate of drug-likeness (QED) is 0.837. The SMILES string of the molecule is N[C@@H](Cc1ccccc1)C(=O)N1CCN(C2CCN(c3ccccc3)C2=O)CC1. The minimum Gasteiger partial charge on any atom is -0.339 e. The molecule has 2 aromatic carbocycles. The molecule has 0 bridgehead atoms. The van der Waals surface area contributed by atoms with Crippen LogP contribution in [0, 0.1) is 0 Å². The van der Waals surface area contributed by atoms with Crippen LogP contribution in [0.4, 0.5) is 5.69 Å². The second kappa shape index (κ2) is 8.76. The highest BCUT2D eigenvalue weighted by Crippen LogP contribution is 2.25. The molecule has 2 heterocycles. The minimum atomic E-state index is -0.523. The summed E-state index contributed by atoms with van der Waals surface area (Å²) in [6, 6.07) is 19.1. The highest BCUT2D eigenvalue weighted by atomic mass is 16.2. The van der Waals surface area contributed by atoms with E-state index in [0.717, 1.165) is 24.2 Å². The second-order valence-corrected chi connectivity index (χ2v) is 7.79. The molecule has 2 amide bonds. The summed E-state index contributed by atoms with van der Waals surface area (Å²) in [5.41, 5.74) is 8.21. The van der Waals surface area contributed by atoms with Crippen molar-refractivity contribution < 1.29 is 9.59 Å². The lowest BCUT2D eigenvalue weighted by Gasteiger charge is -2.38. The molecule has 2 aromatic rings. The van der Waals surface area contributed by atoms with Crippen LogP contribution < -0.4 is 10.6 Å². The van der Waals surface area contributed by atoms with Crippen LogP contribution in [0.3, 0.4) is 0 Å². The lowest BCUT2D eigenvalue weighted by atomic mass is 10.1. The molecule has 2 N–H and O–H groups in total. The highest BCUT2D eigenvalue weighted by molar-refractivity contribution is 5.99. The fourth-order valence-corrected chi connectivity index (χ4v) is 4.31. The number of benzene rings is 2. The van der Waals surface area contributed by atoms with E-state index < -0.39 is 6.04 Å². The van der Waals surface area contributed by atoms with Crippen LogP contribution in [0.25, 0.3) is 0 Å². The smallest absolute Gasteiger partial charge is 0.244 e. The zero-order chi connectivity index (χ0) is 20.2. The van der Waals surface area contributed by atoms with Gasteiger partial charge in [-0.1, -0.05) is 48.5 Å². The standard InChI is InChI=1S/C23H28N4O2/c24-20(17-18-7-3-1-4-8-18)22(28)26-15-13-25(14-16-26)21-11-12-27(23(21)29)19-9-5-2-6-10-19/h1-10,20-21H,11-17,24H2/t20-,21?/m0/s1. The first kappa shape index (κ1) is 19.6. The molecule has 0 aromatic heterocycles. The van der Waals surface area contributed by atoms with Crippen LogP contribution in [0.1, 0.15) is 12.0 Å². The van der Waals surface area contributed by atoms with Crippen molar-refractivity contribution in [1.29, 1.82) is 0 Å². The molecule has 152 valence electrons. The Hall–Kier alpha value is -2.70. The minimum absolute atomic E-state index is 0.00263. The maximum absolute atomic E-state index is 12.9. The molecular weight excluding hydrogens is 364 g/mol. The number of amides is 2. The molecule has 0 spiro atoms. The molecule has 0 aliphatic carbocycles. The fourth-order valence-electron chi connectivity index (χ4n) is 4.31. The van der Waals surface area contributed by atoms with Crippen LogP contribution >= 0.6 is 0 Å². The van der Waals surface area contributed by atoms with Gasteiger partial charge in [0, 0.05) is 38.4 Å². The van der Waals surface area contributed by atoms with Gasteiger partial charge >= 0.3 is 0 Å². The number of anilines is 1. The molecule has 2 saturated heterocycles. The summed E-state index contributed by atoms with van der Waals surface area (Å²) in [6.45, 7) is 3.41. The monoisotopic (exact) mass is 392 g/mol. The van der Waals surface area contributed by atoms with Gasteiger partial charge in [0.2, 0.25) is 11.8 Å². The number of para-hydroxylation sites is 1. The third kappa shape index (κ3) is 4.33. The van der Waals surface area contributed by atoms with Crippen LogP contribution in [-0.2, 0) is 16.0 Å². The predicted molar refractivity (Wildman–Crippen MR) is 113 cm³/mol. The number of carbonyl (C=O) groups excluding carboxylic acids is 2. The number of hydrogen-bond acceptors (Lipinski definition) is 4. The van der Waals surface area contributed by atoms with Gasteiger partial charge in [-0.25, -0.2) is 0 Å². The van der Waals surface area contributed by atoms with Crippen LogP contribution in [-0.4, -0.2) is 66.4 Å². The number of carbonyl (C=O) groups is 2. The lowest BCUT2D eigenvalue weighted by Crippen LogP contribution is -2.56. The van der Waals surface area contributed by atoms with E-state index in [1.165, 1.54) is 0 Å². The van der Waals surface area contributed by atoms with Crippen LogP contribution in [0.5, 0.6) is 0 Å². The first-order valence-electron chi connectivity index (χ1n) is 10.3. The third-order valence-electron chi connectivity index (χ3n) is 5.93. The van der Waals surface area contributed by atoms with Crippen molar-refractivity contribution in [3.05, 3.63) is 66.2 Å². The van der Waals surface area contributed by atoms with E-state index in [-0.39, 0.29) is 17.9 Å². The Morgan fingerprint density at radius 2 is 1.55 bits per heavy atom. The van der Waals surface area contributed by atoms with Gasteiger partial charge in [-0.15, -0.1) is 0 Å². The molecule has 4 rings (SSSR count). The Balaban J connectivity index is 1.30. The molecule has 2 aliphatic heterocycles. The summed E-state index contributed by atoms with van der Waals surface area (Å²) in [4.78, 5) is 31.6. The number of hydrogen-bond donors (Lipinski definition) is 1. The van der Waals surface area contributed by atoms with E-state index in [0.29, 0.717) is 32.6 Å². The number of nitrogens with two attached hydrogens (primary N) is 1. The van der Waals surface area contributed by atoms with Gasteiger partial charge in [0.25, 0.3) is 0 Å². The van der Waals surface area contributed by atoms with Crippen LogP contribution in [0.15, 0.2) is 60.7 Å². The van der Waals surface area contributed by atoms with E-state index in [1.54, 1.807) is 0 Å². The lowest BCUT2D eigenvalue weighted by molar-refractivity contribution is -0.135. The first-order chi connectivity index (χ1) is 14.1. The fraction of sp³-hybridized carbons (Fsp3) is 0.391. The molecule has 6 heteroatoms. The molecule has 29 heavy (non-hydrogen) atoms. The van der Waals surface area contributed by atoms with E-state index in [2.05, 4.69) is 4.90 Å². The van der Waals surface area contributed by atoms with Gasteiger partial charge < -0.3 is 15.5 Å². The van der Waals surface area contributed by atoms with E-state index >= 15 is 0 Å². The van der Waals surface area contributed by atoms with Crippen molar-refractivity contribution in [2.45, 2.75) is 24.9 Å². The van der Waals surface area contributed by atoms with Crippen molar-refractivity contribution in [2.24, 2.45) is 5.73 Å². The molecule has 6 nitrogen and oxygen atoms in total. The van der Waals surface area contributed by atoms with Crippen LogP contribution in [0.2, 0.25) is 0 Å². The summed E-state index contributed by atoms with van der Waals surface area (Å²) < 4.78 is 0. The molecular formula is C23H28N4O2. The zero-order valence-electron chi connectivity index (χ0n) is 16.6. The summed E-state index contributed by atoms with van der Waals surface area (Å²) in [5.74, 6) is 0.161. The van der Waals surface area contributed by atoms with Gasteiger partial charge in [-0.2, -0.15) is 0 Å². The zero-order valence-corrected chi connectivity index (χ0v) is 16.6. The maximum atomic E-state index is 12.9. The first-order valence-corrected chi connectivity index (χ1v) is 10.3. The number of rotatable bonds is 5. The number of nitrogens with zero attached hydrogens (tertiary/aromatic N) is 3. The van der Waals surface area contributed by atoms with Crippen molar-refractivity contribution in [3.63, 3.8) is 0 Å². The van der Waals surface area contributed by atoms with E-state index in [1.807, 2.05) is 70.5 Å². The normalized spacial score (nSPS) is 21.4. The molecule has 2 aliphatic rings. The van der Waals surface area contributed by atoms with Crippen molar-refractivity contribution in [2.75, 3.05) is 37.6 Å². The predicted octanol–water partition coefficient (Wildman–Crippen LogP) is 1.51. The average Bonchev–Trinajstić information content (AvgIpc) is 3.16. The summed E-state index contributed by atoms with van der Waals surface area (Å²) in [5, 5.41) is 0. The van der Waals surface area contributed by atoms with Gasteiger partial charge in [-0.3, -0.25) is 14.5 Å². The van der Waals surface area contributed by atoms with E-state index in [9.17, 15) is 9.59 Å². The molecule has 2 atom stereocenters. The summed E-state index contributed by atoms with van der Waals surface area (Å²) >= 11 is 0. The Kier molecular flexibility index (Phi) is 5.92. The third-order valence-corrected chi connectivity index (χ3v) is 5.93. The molecule has 2 fully saturated rings. The molecule has 1 unspecified atom stereocenters. The summed E-state index contributed by atoms with van der Waals surface area (Å²) in [7, 11) is 0. The Morgan fingerprint density at radius 1 is 0.931 bits per heavy atom. The Labute approximate surface area is 171 Å². The van der Waals surface area contributed by atoms with Gasteiger partial charge in [0.1, 0.15) is 0 Å².